The highest BCUT2D eigenvalue weighted by atomic mass is 35.5. The van der Waals surface area contributed by atoms with E-state index in [0.717, 1.165) is 6.20 Å². The van der Waals surface area contributed by atoms with Crippen LogP contribution in [-0.4, -0.2) is 36.5 Å². The van der Waals surface area contributed by atoms with Crippen molar-refractivity contribution in [2.24, 2.45) is 0 Å². The van der Waals surface area contributed by atoms with Gasteiger partial charge in [0.15, 0.2) is 12.3 Å². The first-order valence-corrected chi connectivity index (χ1v) is 8.11. The standard InChI is InChI=1S/C16H11Cl3N2O5/c1-25-9-4-2-8(3-5-9)15(23)21-11(22)7-26-16(24)14-13(19)12(18)10(17)6-20-14/h2-6H,7H2,1H3,(H,21,22,23). The van der Waals surface area contributed by atoms with Crippen molar-refractivity contribution in [3.63, 3.8) is 0 Å². The van der Waals surface area contributed by atoms with Crippen LogP contribution in [-0.2, 0) is 9.53 Å². The molecular weight excluding hydrogens is 407 g/mol. The lowest BCUT2D eigenvalue weighted by Crippen LogP contribution is -2.34. The first-order valence-electron chi connectivity index (χ1n) is 6.98. The highest BCUT2D eigenvalue weighted by Gasteiger charge is 2.20. The van der Waals surface area contributed by atoms with Crippen LogP contribution in [0.1, 0.15) is 20.8 Å². The van der Waals surface area contributed by atoms with Crippen LogP contribution in [0.25, 0.3) is 0 Å². The van der Waals surface area contributed by atoms with Gasteiger partial charge in [-0.3, -0.25) is 14.9 Å². The van der Waals surface area contributed by atoms with Crippen molar-refractivity contribution in [1.82, 2.24) is 10.3 Å². The number of hydrogen-bond donors (Lipinski definition) is 1. The van der Waals surface area contributed by atoms with Gasteiger partial charge >= 0.3 is 5.97 Å². The lowest BCUT2D eigenvalue weighted by molar-refractivity contribution is -0.123. The zero-order valence-corrected chi connectivity index (χ0v) is 15.5. The average Bonchev–Trinajstić information content (AvgIpc) is 2.64. The van der Waals surface area contributed by atoms with Gasteiger partial charge in [-0.05, 0) is 24.3 Å². The Morgan fingerprint density at radius 1 is 1.08 bits per heavy atom. The summed E-state index contributed by atoms with van der Waals surface area (Å²) in [6, 6.07) is 6.09. The maximum Gasteiger partial charge on any atom is 0.359 e. The molecule has 2 rings (SSSR count). The fraction of sp³-hybridized carbons (Fsp3) is 0.125. The molecule has 0 spiro atoms. The van der Waals surface area contributed by atoms with Gasteiger partial charge in [-0.2, -0.15) is 0 Å². The van der Waals surface area contributed by atoms with Crippen molar-refractivity contribution in [3.05, 3.63) is 56.8 Å². The lowest BCUT2D eigenvalue weighted by atomic mass is 10.2. The summed E-state index contributed by atoms with van der Waals surface area (Å²) in [5.74, 6) is -1.90. The lowest BCUT2D eigenvalue weighted by Gasteiger charge is -2.08. The summed E-state index contributed by atoms with van der Waals surface area (Å²) in [5, 5.41) is 1.89. The Morgan fingerprint density at radius 3 is 2.35 bits per heavy atom. The van der Waals surface area contributed by atoms with Gasteiger partial charge in [0.2, 0.25) is 0 Å². The Morgan fingerprint density at radius 2 is 1.73 bits per heavy atom. The van der Waals surface area contributed by atoms with Crippen molar-refractivity contribution in [2.45, 2.75) is 0 Å². The third-order valence-electron chi connectivity index (χ3n) is 3.05. The van der Waals surface area contributed by atoms with E-state index in [2.05, 4.69) is 10.3 Å². The fourth-order valence-electron chi connectivity index (χ4n) is 1.76. The van der Waals surface area contributed by atoms with Crippen LogP contribution in [0.5, 0.6) is 5.75 Å². The van der Waals surface area contributed by atoms with Crippen molar-refractivity contribution in [3.8, 4) is 5.75 Å². The zero-order chi connectivity index (χ0) is 19.3. The SMILES string of the molecule is COc1ccc(C(=O)NC(=O)COC(=O)c2ncc(Cl)c(Cl)c2Cl)cc1. The maximum atomic E-state index is 11.9. The number of halogens is 3. The normalized spacial score (nSPS) is 10.2. The van der Waals surface area contributed by atoms with Crippen LogP contribution in [0.4, 0.5) is 0 Å². The first kappa shape index (κ1) is 20.0. The van der Waals surface area contributed by atoms with Crippen molar-refractivity contribution >= 4 is 52.6 Å². The molecule has 0 aliphatic heterocycles. The first-order chi connectivity index (χ1) is 12.3. The van der Waals surface area contributed by atoms with Crippen molar-refractivity contribution < 1.29 is 23.9 Å². The molecule has 7 nitrogen and oxygen atoms in total. The highest BCUT2D eigenvalue weighted by Crippen LogP contribution is 2.31. The number of esters is 1. The molecule has 0 unspecified atom stereocenters. The van der Waals surface area contributed by atoms with E-state index in [-0.39, 0.29) is 26.3 Å². The van der Waals surface area contributed by atoms with Gasteiger partial charge in [0.1, 0.15) is 5.75 Å². The van der Waals surface area contributed by atoms with Crippen LogP contribution in [0, 0.1) is 0 Å². The smallest absolute Gasteiger partial charge is 0.359 e. The number of rotatable bonds is 5. The number of nitrogens with one attached hydrogen (secondary N) is 1. The molecule has 0 saturated heterocycles. The van der Waals surface area contributed by atoms with Crippen molar-refractivity contribution in [2.75, 3.05) is 13.7 Å². The van der Waals surface area contributed by atoms with E-state index in [0.29, 0.717) is 5.75 Å². The van der Waals surface area contributed by atoms with Crippen LogP contribution < -0.4 is 10.1 Å². The minimum atomic E-state index is -0.986. The van der Waals surface area contributed by atoms with Gasteiger partial charge in [0, 0.05) is 11.8 Å². The summed E-state index contributed by atoms with van der Waals surface area (Å²) in [6.07, 6.45) is 1.12. The number of nitrogens with zero attached hydrogens (tertiary/aromatic N) is 1. The molecule has 1 aromatic carbocycles. The average molecular weight is 418 g/mol. The molecule has 0 aliphatic carbocycles. The molecule has 136 valence electrons. The molecule has 0 radical (unpaired) electrons. The highest BCUT2D eigenvalue weighted by molar-refractivity contribution is 6.48. The molecule has 10 heteroatoms. The Labute approximate surface area is 163 Å². The Balaban J connectivity index is 1.92. The molecule has 0 atom stereocenters. The molecule has 1 N–H and O–H groups in total. The van der Waals surface area contributed by atoms with E-state index >= 15 is 0 Å². The fourth-order valence-corrected chi connectivity index (χ4v) is 2.32. The molecule has 1 heterocycles. The minimum Gasteiger partial charge on any atom is -0.497 e. The molecule has 2 aromatic rings. The van der Waals surface area contributed by atoms with Crippen LogP contribution >= 0.6 is 34.8 Å². The van der Waals surface area contributed by atoms with E-state index in [9.17, 15) is 14.4 Å². The van der Waals surface area contributed by atoms with Gasteiger partial charge in [0.25, 0.3) is 11.8 Å². The number of hydrogen-bond acceptors (Lipinski definition) is 6. The van der Waals surface area contributed by atoms with Gasteiger partial charge in [-0.1, -0.05) is 34.8 Å². The summed E-state index contributed by atoms with van der Waals surface area (Å²) >= 11 is 17.4. The van der Waals surface area contributed by atoms with Gasteiger partial charge < -0.3 is 9.47 Å². The number of ether oxygens (including phenoxy) is 2. The number of methoxy groups -OCH3 is 1. The number of amides is 2. The van der Waals surface area contributed by atoms with E-state index in [1.165, 1.54) is 19.2 Å². The molecule has 0 bridgehead atoms. The predicted molar refractivity (Wildman–Crippen MR) is 95.0 cm³/mol. The second-order valence-corrected chi connectivity index (χ2v) is 5.93. The van der Waals surface area contributed by atoms with Crippen LogP contribution in [0.2, 0.25) is 15.1 Å². The summed E-state index contributed by atoms with van der Waals surface area (Å²) in [4.78, 5) is 39.3. The molecule has 26 heavy (non-hydrogen) atoms. The van der Waals surface area contributed by atoms with E-state index in [1.54, 1.807) is 12.1 Å². The topological polar surface area (TPSA) is 94.6 Å². The van der Waals surface area contributed by atoms with E-state index in [1.807, 2.05) is 0 Å². The Kier molecular flexibility index (Phi) is 6.79. The molecule has 2 amide bonds. The summed E-state index contributed by atoms with van der Waals surface area (Å²) in [7, 11) is 1.49. The summed E-state index contributed by atoms with van der Waals surface area (Å²) in [6.45, 7) is -0.709. The third-order valence-corrected chi connectivity index (χ3v) is 4.29. The molecular formula is C16H11Cl3N2O5. The molecule has 1 aromatic heterocycles. The quantitative estimate of drug-likeness (QED) is 0.751. The second-order valence-electron chi connectivity index (χ2n) is 4.76. The monoisotopic (exact) mass is 416 g/mol. The Bertz CT molecular complexity index is 856. The van der Waals surface area contributed by atoms with Crippen LogP contribution in [0.3, 0.4) is 0 Å². The molecule has 0 aliphatic rings. The number of carbonyl (C=O) groups excluding carboxylic acids is 3. The van der Waals surface area contributed by atoms with Crippen molar-refractivity contribution in [1.29, 1.82) is 0 Å². The minimum absolute atomic E-state index is 0.0607. The Hall–Kier alpha value is -2.35. The number of carbonyl (C=O) groups is 3. The molecule has 0 fully saturated rings. The van der Waals surface area contributed by atoms with E-state index in [4.69, 9.17) is 44.3 Å². The van der Waals surface area contributed by atoms with Gasteiger partial charge in [-0.25, -0.2) is 9.78 Å². The van der Waals surface area contributed by atoms with Gasteiger partial charge in [-0.15, -0.1) is 0 Å². The molecule has 0 saturated carbocycles. The van der Waals surface area contributed by atoms with Crippen LogP contribution in [0.15, 0.2) is 30.5 Å². The van der Waals surface area contributed by atoms with Gasteiger partial charge in [0.05, 0.1) is 22.2 Å². The number of benzene rings is 1. The maximum absolute atomic E-state index is 11.9. The predicted octanol–water partition coefficient (Wildman–Crippen LogP) is 3.16. The largest absolute Gasteiger partial charge is 0.497 e. The summed E-state index contributed by atoms with van der Waals surface area (Å²) in [5.41, 5.74) is -0.0602. The number of aromatic nitrogens is 1. The summed E-state index contributed by atoms with van der Waals surface area (Å²) < 4.78 is 9.74. The number of pyridine rings is 1. The second kappa shape index (κ2) is 8.84. The van der Waals surface area contributed by atoms with E-state index < -0.39 is 24.4 Å². The third kappa shape index (κ3) is 4.85. The zero-order valence-electron chi connectivity index (χ0n) is 13.2. The number of imide groups is 1.